The predicted molar refractivity (Wildman–Crippen MR) is 77.0 cm³/mol. The van der Waals surface area contributed by atoms with Crippen LogP contribution in [0.3, 0.4) is 0 Å². The number of hydrogen-bond donors (Lipinski definition) is 3. The maximum absolute atomic E-state index is 11.8. The largest absolute Gasteiger partial charge is 0.448 e. The third kappa shape index (κ3) is 4.57. The molecule has 0 aliphatic heterocycles. The summed E-state index contributed by atoms with van der Waals surface area (Å²) in [5, 5.41) is 11.0. The topological polar surface area (TPSA) is 113 Å². The normalized spacial score (nSPS) is 16.6. The third-order valence-electron chi connectivity index (χ3n) is 3.55. The highest BCUT2D eigenvalue weighted by Gasteiger charge is 2.23. The van der Waals surface area contributed by atoms with Gasteiger partial charge in [-0.15, -0.1) is 0 Å². The molecule has 8 heteroatoms. The summed E-state index contributed by atoms with van der Waals surface area (Å²) in [6, 6.07) is 0.980. The van der Waals surface area contributed by atoms with Gasteiger partial charge in [0.15, 0.2) is 6.10 Å². The van der Waals surface area contributed by atoms with Crippen LogP contribution in [0.4, 0.5) is 4.79 Å². The molecule has 0 spiro atoms. The Balaban J connectivity index is 1.75. The first-order valence-electron chi connectivity index (χ1n) is 7.38. The van der Waals surface area contributed by atoms with Gasteiger partial charge in [-0.1, -0.05) is 19.3 Å². The number of H-pyrrole nitrogens is 1. The van der Waals surface area contributed by atoms with Crippen molar-refractivity contribution in [3.63, 3.8) is 0 Å². The van der Waals surface area contributed by atoms with Crippen LogP contribution in [-0.4, -0.2) is 40.3 Å². The zero-order chi connectivity index (χ0) is 15.9. The number of imide groups is 1. The van der Waals surface area contributed by atoms with E-state index in [9.17, 15) is 14.4 Å². The van der Waals surface area contributed by atoms with E-state index >= 15 is 0 Å². The van der Waals surface area contributed by atoms with Crippen LogP contribution >= 0.6 is 0 Å². The number of nitrogens with one attached hydrogen (secondary N) is 3. The lowest BCUT2D eigenvalue weighted by molar-refractivity contribution is -0.127. The summed E-state index contributed by atoms with van der Waals surface area (Å²) in [7, 11) is 0. The van der Waals surface area contributed by atoms with Crippen molar-refractivity contribution in [2.75, 3.05) is 0 Å². The Labute approximate surface area is 128 Å². The van der Waals surface area contributed by atoms with Crippen molar-refractivity contribution in [1.29, 1.82) is 0 Å². The van der Waals surface area contributed by atoms with Gasteiger partial charge in [0.25, 0.3) is 5.91 Å². The van der Waals surface area contributed by atoms with E-state index in [0.717, 1.165) is 25.7 Å². The average Bonchev–Trinajstić information content (AvgIpc) is 3.02. The molecule has 1 aliphatic rings. The fourth-order valence-corrected chi connectivity index (χ4v) is 2.33. The van der Waals surface area contributed by atoms with Gasteiger partial charge in [0, 0.05) is 12.2 Å². The predicted octanol–water partition coefficient (Wildman–Crippen LogP) is 1.11. The first kappa shape index (κ1) is 16.0. The lowest BCUT2D eigenvalue weighted by atomic mass is 9.96. The van der Waals surface area contributed by atoms with Crippen LogP contribution in [0.2, 0.25) is 0 Å². The zero-order valence-electron chi connectivity index (χ0n) is 12.4. The summed E-state index contributed by atoms with van der Waals surface area (Å²) >= 11 is 0. The highest BCUT2D eigenvalue weighted by Crippen LogP contribution is 2.17. The lowest BCUT2D eigenvalue weighted by Gasteiger charge is -2.23. The number of carbonyl (C=O) groups is 3. The van der Waals surface area contributed by atoms with Gasteiger partial charge in [-0.05, 0) is 25.8 Å². The van der Waals surface area contributed by atoms with Gasteiger partial charge in [-0.25, -0.2) is 9.59 Å². The number of hydrogen-bond acceptors (Lipinski definition) is 5. The van der Waals surface area contributed by atoms with Crippen LogP contribution in [0.1, 0.15) is 49.5 Å². The second kappa shape index (κ2) is 7.58. The monoisotopic (exact) mass is 308 g/mol. The Morgan fingerprint density at radius 1 is 1.32 bits per heavy atom. The minimum Gasteiger partial charge on any atom is -0.448 e. The number of urea groups is 1. The molecule has 1 heterocycles. The van der Waals surface area contributed by atoms with Crippen LogP contribution in [0.15, 0.2) is 12.3 Å². The van der Waals surface area contributed by atoms with Crippen molar-refractivity contribution in [2.45, 2.75) is 51.2 Å². The number of carbonyl (C=O) groups excluding carboxylic acids is 3. The van der Waals surface area contributed by atoms with E-state index in [1.165, 1.54) is 25.6 Å². The van der Waals surface area contributed by atoms with E-state index in [2.05, 4.69) is 20.8 Å². The van der Waals surface area contributed by atoms with Gasteiger partial charge >= 0.3 is 12.0 Å². The Bertz CT molecular complexity index is 523. The smallest absolute Gasteiger partial charge is 0.357 e. The summed E-state index contributed by atoms with van der Waals surface area (Å²) in [6.07, 6.45) is 5.51. The Hall–Kier alpha value is -2.38. The maximum atomic E-state index is 11.8. The molecule has 0 radical (unpaired) electrons. The van der Waals surface area contributed by atoms with Crippen molar-refractivity contribution in [3.8, 4) is 0 Å². The standard InChI is InChI=1S/C14H20N4O4/c1-9(22-13(20)11-7-8-15-18-11)12(19)17-14(21)16-10-5-3-2-4-6-10/h7-10H,2-6H2,1H3,(H,15,18)(H2,16,17,19,21). The summed E-state index contributed by atoms with van der Waals surface area (Å²) in [6.45, 7) is 1.40. The van der Waals surface area contributed by atoms with Crippen LogP contribution in [-0.2, 0) is 9.53 Å². The second-order valence-electron chi connectivity index (χ2n) is 5.32. The molecule has 0 bridgehead atoms. The molecular formula is C14H20N4O4. The highest BCUT2D eigenvalue weighted by atomic mass is 16.5. The number of aromatic amines is 1. The van der Waals surface area contributed by atoms with E-state index in [1.807, 2.05) is 0 Å². The lowest BCUT2D eigenvalue weighted by Crippen LogP contribution is -2.48. The van der Waals surface area contributed by atoms with E-state index in [-0.39, 0.29) is 11.7 Å². The number of nitrogens with zero attached hydrogens (tertiary/aromatic N) is 1. The Morgan fingerprint density at radius 3 is 2.68 bits per heavy atom. The molecule has 2 rings (SSSR count). The number of aromatic nitrogens is 2. The first-order chi connectivity index (χ1) is 10.6. The fraction of sp³-hybridized carbons (Fsp3) is 0.571. The molecule has 1 fully saturated rings. The van der Waals surface area contributed by atoms with Crippen molar-refractivity contribution >= 4 is 17.9 Å². The fourth-order valence-electron chi connectivity index (χ4n) is 2.33. The van der Waals surface area contributed by atoms with Gasteiger partial charge in [0.05, 0.1) is 0 Å². The summed E-state index contributed by atoms with van der Waals surface area (Å²) < 4.78 is 4.95. The molecule has 0 saturated heterocycles. The minimum absolute atomic E-state index is 0.101. The SMILES string of the molecule is CC(OC(=O)c1ccn[nH]1)C(=O)NC(=O)NC1CCCCC1. The summed E-state index contributed by atoms with van der Waals surface area (Å²) in [5.41, 5.74) is 0.145. The van der Waals surface area contributed by atoms with Crippen molar-refractivity contribution in [1.82, 2.24) is 20.8 Å². The van der Waals surface area contributed by atoms with Crippen LogP contribution in [0, 0.1) is 0 Å². The summed E-state index contributed by atoms with van der Waals surface area (Å²) in [5.74, 6) is -1.37. The van der Waals surface area contributed by atoms with Gasteiger partial charge < -0.3 is 10.1 Å². The van der Waals surface area contributed by atoms with E-state index in [4.69, 9.17) is 4.74 Å². The number of amides is 3. The Morgan fingerprint density at radius 2 is 2.05 bits per heavy atom. The molecule has 22 heavy (non-hydrogen) atoms. The average molecular weight is 308 g/mol. The molecule has 8 nitrogen and oxygen atoms in total. The van der Waals surface area contributed by atoms with Crippen LogP contribution in [0.25, 0.3) is 0 Å². The van der Waals surface area contributed by atoms with E-state index in [0.29, 0.717) is 0 Å². The van der Waals surface area contributed by atoms with Gasteiger partial charge in [-0.2, -0.15) is 5.10 Å². The molecule has 1 aromatic rings. The van der Waals surface area contributed by atoms with Crippen LogP contribution in [0.5, 0.6) is 0 Å². The molecule has 1 aromatic heterocycles. The number of ether oxygens (including phenoxy) is 1. The third-order valence-corrected chi connectivity index (χ3v) is 3.55. The minimum atomic E-state index is -1.08. The highest BCUT2D eigenvalue weighted by molar-refractivity contribution is 5.98. The van der Waals surface area contributed by atoms with E-state index in [1.54, 1.807) is 0 Å². The molecule has 1 aliphatic carbocycles. The zero-order valence-corrected chi connectivity index (χ0v) is 12.4. The van der Waals surface area contributed by atoms with Gasteiger partial charge in [-0.3, -0.25) is 15.2 Å². The molecular weight excluding hydrogens is 288 g/mol. The molecule has 1 unspecified atom stereocenters. The molecule has 0 aromatic carbocycles. The van der Waals surface area contributed by atoms with Gasteiger partial charge in [0.2, 0.25) is 0 Å². The quantitative estimate of drug-likeness (QED) is 0.721. The number of esters is 1. The molecule has 1 saturated carbocycles. The first-order valence-corrected chi connectivity index (χ1v) is 7.38. The molecule has 3 N–H and O–H groups in total. The van der Waals surface area contributed by atoms with Crippen LogP contribution < -0.4 is 10.6 Å². The number of rotatable bonds is 4. The maximum Gasteiger partial charge on any atom is 0.357 e. The van der Waals surface area contributed by atoms with Gasteiger partial charge in [0.1, 0.15) is 5.69 Å². The second-order valence-corrected chi connectivity index (χ2v) is 5.32. The van der Waals surface area contributed by atoms with Crippen molar-refractivity contribution in [2.24, 2.45) is 0 Å². The van der Waals surface area contributed by atoms with Crippen molar-refractivity contribution < 1.29 is 19.1 Å². The Kier molecular flexibility index (Phi) is 5.51. The molecule has 120 valence electrons. The summed E-state index contributed by atoms with van der Waals surface area (Å²) in [4.78, 5) is 35.2. The molecule has 3 amide bonds. The van der Waals surface area contributed by atoms with E-state index < -0.39 is 24.0 Å². The molecule has 1 atom stereocenters. The van der Waals surface area contributed by atoms with Crippen molar-refractivity contribution in [3.05, 3.63) is 18.0 Å².